The summed E-state index contributed by atoms with van der Waals surface area (Å²) in [5.41, 5.74) is 1.68. The monoisotopic (exact) mass is 581 g/mol. The molecule has 0 radical (unpaired) electrons. The van der Waals surface area contributed by atoms with Gasteiger partial charge in [-0.2, -0.15) is 0 Å². The highest BCUT2D eigenvalue weighted by molar-refractivity contribution is 8.77. The highest BCUT2D eigenvalue weighted by atomic mass is 33.1. The van der Waals surface area contributed by atoms with Crippen LogP contribution in [0.3, 0.4) is 0 Å². The van der Waals surface area contributed by atoms with Gasteiger partial charge in [0.05, 0.1) is 26.9 Å². The molecule has 0 spiro atoms. The number of aliphatic hydroxyl groups is 1. The van der Waals surface area contributed by atoms with E-state index < -0.39 is 11.7 Å². The third-order valence-electron chi connectivity index (χ3n) is 7.11. The fourth-order valence-corrected chi connectivity index (χ4v) is 7.92. The molecule has 1 amide bonds. The molecule has 8 heteroatoms. The number of amides is 1. The van der Waals surface area contributed by atoms with Crippen LogP contribution in [0.5, 0.6) is 11.5 Å². The molecule has 214 valence electrons. The van der Waals surface area contributed by atoms with Gasteiger partial charge in [-0.15, -0.1) is 0 Å². The van der Waals surface area contributed by atoms with Gasteiger partial charge in [0.15, 0.2) is 0 Å². The van der Waals surface area contributed by atoms with E-state index in [0.29, 0.717) is 6.42 Å². The van der Waals surface area contributed by atoms with Crippen LogP contribution in [-0.4, -0.2) is 55.5 Å². The second-order valence-electron chi connectivity index (χ2n) is 9.85. The van der Waals surface area contributed by atoms with Crippen molar-refractivity contribution in [1.29, 1.82) is 0 Å². The Balaban J connectivity index is 1.47. The first kappa shape index (κ1) is 30.3. The molecule has 2 N–H and O–H groups in total. The van der Waals surface area contributed by atoms with Gasteiger partial charge in [-0.3, -0.25) is 4.79 Å². The molecule has 1 fully saturated rings. The minimum atomic E-state index is -1.01. The summed E-state index contributed by atoms with van der Waals surface area (Å²) in [6.45, 7) is 0.147. The summed E-state index contributed by atoms with van der Waals surface area (Å²) in [6.07, 6.45) is 3.96. The van der Waals surface area contributed by atoms with Gasteiger partial charge in [0.2, 0.25) is 5.91 Å². The van der Waals surface area contributed by atoms with E-state index in [0.717, 1.165) is 46.3 Å². The lowest BCUT2D eigenvalue weighted by Crippen LogP contribution is -2.39. The summed E-state index contributed by atoms with van der Waals surface area (Å²) >= 11 is 0. The maximum absolute atomic E-state index is 12.4. The minimum Gasteiger partial charge on any atom is -0.497 e. The first-order valence-electron chi connectivity index (χ1n) is 13.8. The zero-order chi connectivity index (χ0) is 28.2. The van der Waals surface area contributed by atoms with Crippen molar-refractivity contribution in [2.45, 2.75) is 49.1 Å². The fourth-order valence-electron chi connectivity index (χ4n) is 4.90. The zero-order valence-electron chi connectivity index (χ0n) is 23.2. The second kappa shape index (κ2) is 15.4. The zero-order valence-corrected chi connectivity index (χ0v) is 24.8. The SMILES string of the molecule is COc1ccc(C(OCC(O)CNC(=O)CCCCC2CCSS2)(c2ccccc2)c2ccc(OC)cc2)cc1. The summed E-state index contributed by atoms with van der Waals surface area (Å²) in [7, 11) is 7.20. The third kappa shape index (κ3) is 7.97. The van der Waals surface area contributed by atoms with Crippen LogP contribution in [0.4, 0.5) is 0 Å². The molecule has 6 nitrogen and oxygen atoms in total. The molecule has 1 aliphatic rings. The maximum atomic E-state index is 12.4. The molecule has 2 atom stereocenters. The van der Waals surface area contributed by atoms with E-state index in [1.54, 1.807) is 14.2 Å². The summed E-state index contributed by atoms with van der Waals surface area (Å²) in [5, 5.41) is 14.5. The van der Waals surface area contributed by atoms with Crippen molar-refractivity contribution < 1.29 is 24.1 Å². The molecule has 4 rings (SSSR count). The normalized spacial score (nSPS) is 15.9. The minimum absolute atomic E-state index is 0.0177. The van der Waals surface area contributed by atoms with Gasteiger partial charge >= 0.3 is 0 Å². The Morgan fingerprint density at radius 2 is 1.52 bits per heavy atom. The molecule has 40 heavy (non-hydrogen) atoms. The van der Waals surface area contributed by atoms with Gasteiger partial charge in [-0.05, 0) is 60.2 Å². The van der Waals surface area contributed by atoms with Crippen LogP contribution in [0, 0.1) is 0 Å². The van der Waals surface area contributed by atoms with Crippen molar-refractivity contribution in [2.75, 3.05) is 33.1 Å². The van der Waals surface area contributed by atoms with Crippen LogP contribution in [0.1, 0.15) is 48.8 Å². The maximum Gasteiger partial charge on any atom is 0.220 e. The fraction of sp³-hybridized carbons (Fsp3) is 0.406. The Morgan fingerprint density at radius 1 is 0.925 bits per heavy atom. The highest BCUT2D eigenvalue weighted by Crippen LogP contribution is 2.42. The van der Waals surface area contributed by atoms with Crippen LogP contribution in [0.25, 0.3) is 0 Å². The number of nitrogens with one attached hydrogen (secondary N) is 1. The van der Waals surface area contributed by atoms with Crippen LogP contribution in [0.15, 0.2) is 78.9 Å². The molecule has 1 aliphatic heterocycles. The summed E-state index contributed by atoms with van der Waals surface area (Å²) in [5.74, 6) is 2.68. The van der Waals surface area contributed by atoms with Gasteiger partial charge in [-0.25, -0.2) is 0 Å². The number of hydrogen-bond acceptors (Lipinski definition) is 7. The van der Waals surface area contributed by atoms with Crippen molar-refractivity contribution in [3.8, 4) is 11.5 Å². The average Bonchev–Trinajstić information content (AvgIpc) is 3.53. The molecule has 0 aliphatic carbocycles. The predicted octanol–water partition coefficient (Wildman–Crippen LogP) is 6.20. The van der Waals surface area contributed by atoms with Crippen LogP contribution < -0.4 is 14.8 Å². The number of ether oxygens (including phenoxy) is 3. The highest BCUT2D eigenvalue weighted by Gasteiger charge is 2.38. The summed E-state index contributed by atoms with van der Waals surface area (Å²) in [6, 6.07) is 25.5. The van der Waals surface area contributed by atoms with Crippen molar-refractivity contribution in [3.63, 3.8) is 0 Å². The van der Waals surface area contributed by atoms with Gasteiger partial charge < -0.3 is 24.6 Å². The molecule has 1 heterocycles. The van der Waals surface area contributed by atoms with Gasteiger partial charge in [0, 0.05) is 24.0 Å². The quantitative estimate of drug-likeness (QED) is 0.126. The molecular weight excluding hydrogens is 542 g/mol. The number of rotatable bonds is 15. The Hall–Kier alpha value is -2.65. The Kier molecular flexibility index (Phi) is 11.7. The molecule has 0 bridgehead atoms. The third-order valence-corrected chi connectivity index (χ3v) is 10.1. The topological polar surface area (TPSA) is 77.0 Å². The number of aliphatic hydroxyl groups excluding tert-OH is 1. The number of carbonyl (C=O) groups excluding carboxylic acids is 1. The lowest BCUT2D eigenvalue weighted by molar-refractivity contribution is -0.122. The number of carbonyl (C=O) groups is 1. The van der Waals surface area contributed by atoms with E-state index >= 15 is 0 Å². The van der Waals surface area contributed by atoms with E-state index in [-0.39, 0.29) is 19.1 Å². The molecule has 3 aromatic carbocycles. The van der Waals surface area contributed by atoms with Crippen LogP contribution in [0.2, 0.25) is 0 Å². The van der Waals surface area contributed by atoms with Crippen LogP contribution >= 0.6 is 21.6 Å². The Morgan fingerprint density at radius 3 is 2.08 bits per heavy atom. The Bertz CT molecular complexity index is 1120. The van der Waals surface area contributed by atoms with E-state index in [9.17, 15) is 9.90 Å². The van der Waals surface area contributed by atoms with E-state index in [4.69, 9.17) is 14.2 Å². The Labute approximate surface area is 245 Å². The number of methoxy groups -OCH3 is 2. The molecule has 0 saturated carbocycles. The molecular formula is C32H39NO5S2. The standard InChI is InChI=1S/C32H39NO5S2/c1-36-28-16-12-25(13-17-28)32(24-8-4-3-5-9-24,26-14-18-29(37-2)19-15-26)38-23-27(34)22-33-31(35)11-7-6-10-30-20-21-39-40-30/h3-5,8-9,12-19,27,30,34H,6-7,10-11,20-23H2,1-2H3,(H,33,35). The largest absolute Gasteiger partial charge is 0.497 e. The lowest BCUT2D eigenvalue weighted by Gasteiger charge is -2.36. The first-order chi connectivity index (χ1) is 19.5. The van der Waals surface area contributed by atoms with Crippen molar-refractivity contribution in [3.05, 3.63) is 95.6 Å². The van der Waals surface area contributed by atoms with Crippen molar-refractivity contribution in [1.82, 2.24) is 5.32 Å². The van der Waals surface area contributed by atoms with Gasteiger partial charge in [0.25, 0.3) is 0 Å². The number of hydrogen-bond donors (Lipinski definition) is 2. The number of unbranched alkanes of at least 4 members (excludes halogenated alkanes) is 1. The average molecular weight is 582 g/mol. The molecule has 2 unspecified atom stereocenters. The van der Waals surface area contributed by atoms with E-state index in [2.05, 4.69) is 5.32 Å². The first-order valence-corrected chi connectivity index (χ1v) is 16.1. The summed E-state index contributed by atoms with van der Waals surface area (Å²) in [4.78, 5) is 12.4. The second-order valence-corrected chi connectivity index (χ2v) is 12.6. The molecule has 3 aromatic rings. The predicted molar refractivity (Wildman–Crippen MR) is 164 cm³/mol. The smallest absolute Gasteiger partial charge is 0.220 e. The molecule has 1 saturated heterocycles. The van der Waals surface area contributed by atoms with Crippen molar-refractivity contribution in [2.24, 2.45) is 0 Å². The molecule has 0 aromatic heterocycles. The van der Waals surface area contributed by atoms with Crippen molar-refractivity contribution >= 4 is 27.5 Å². The van der Waals surface area contributed by atoms with Crippen LogP contribution in [-0.2, 0) is 15.1 Å². The van der Waals surface area contributed by atoms with E-state index in [1.165, 1.54) is 18.6 Å². The van der Waals surface area contributed by atoms with E-state index in [1.807, 2.05) is 100 Å². The van der Waals surface area contributed by atoms with Gasteiger partial charge in [-0.1, -0.05) is 82.6 Å². The van der Waals surface area contributed by atoms with Gasteiger partial charge in [0.1, 0.15) is 17.1 Å². The summed E-state index contributed by atoms with van der Waals surface area (Å²) < 4.78 is 17.5. The lowest BCUT2D eigenvalue weighted by atomic mass is 9.80. The number of benzene rings is 3.